The zero-order valence-electron chi connectivity index (χ0n) is 18.3. The van der Waals surface area contributed by atoms with E-state index in [2.05, 4.69) is 15.7 Å². The van der Waals surface area contributed by atoms with Crippen LogP contribution in [-0.2, 0) is 25.4 Å². The Morgan fingerprint density at radius 2 is 1.82 bits per heavy atom. The Morgan fingerprint density at radius 1 is 1.09 bits per heavy atom. The number of esters is 1. The number of amides is 2. The molecule has 0 spiro atoms. The summed E-state index contributed by atoms with van der Waals surface area (Å²) in [5, 5.41) is 16.6. The van der Waals surface area contributed by atoms with E-state index in [1.165, 1.54) is 16.8 Å². The minimum atomic E-state index is -0.641. The first-order valence-corrected chi connectivity index (χ1v) is 10.1. The number of aromatic nitrogens is 3. The van der Waals surface area contributed by atoms with Crippen LogP contribution in [0.15, 0.2) is 48.7 Å². The smallest absolute Gasteiger partial charge is 0.359 e. The number of anilines is 1. The minimum absolute atomic E-state index is 0.0113. The van der Waals surface area contributed by atoms with Gasteiger partial charge in [-0.15, -0.1) is 0 Å². The lowest BCUT2D eigenvalue weighted by atomic mass is 10.2. The van der Waals surface area contributed by atoms with Gasteiger partial charge in [-0.25, -0.2) is 4.79 Å². The van der Waals surface area contributed by atoms with E-state index in [1.54, 1.807) is 24.9 Å². The fourth-order valence-corrected chi connectivity index (χ4v) is 3.03. The van der Waals surface area contributed by atoms with Crippen LogP contribution < -0.4 is 16.4 Å². The number of hydrogen-bond donors (Lipinski definition) is 4. The summed E-state index contributed by atoms with van der Waals surface area (Å²) < 4.78 is 8.11. The zero-order valence-corrected chi connectivity index (χ0v) is 18.3. The van der Waals surface area contributed by atoms with Gasteiger partial charge in [0.15, 0.2) is 5.69 Å². The first-order valence-electron chi connectivity index (χ1n) is 10.1. The van der Waals surface area contributed by atoms with Crippen LogP contribution in [0.1, 0.15) is 43.4 Å². The molecule has 0 aliphatic rings. The topological polar surface area (TPSA) is 157 Å². The Hall–Kier alpha value is -4.41. The number of hydrogen-bond acceptors (Lipinski definition) is 6. The van der Waals surface area contributed by atoms with Crippen LogP contribution in [0.25, 0.3) is 0 Å². The number of benzene rings is 1. The maximum Gasteiger partial charge on any atom is 0.359 e. The number of carbonyl (C=O) groups is 3. The molecule has 11 heteroatoms. The second-order valence-corrected chi connectivity index (χ2v) is 7.31. The summed E-state index contributed by atoms with van der Waals surface area (Å²) in [6, 6.07) is 12.1. The highest BCUT2D eigenvalue weighted by Crippen LogP contribution is 2.15. The molecule has 3 rings (SSSR count). The van der Waals surface area contributed by atoms with Gasteiger partial charge >= 0.3 is 5.97 Å². The van der Waals surface area contributed by atoms with Crippen molar-refractivity contribution in [3.8, 4) is 0 Å². The number of nitrogens with one attached hydrogen (secondary N) is 3. The molecule has 0 aliphatic carbocycles. The fraction of sp³-hybridized carbons (Fsp3) is 0.227. The summed E-state index contributed by atoms with van der Waals surface area (Å²) >= 11 is 0. The fourth-order valence-electron chi connectivity index (χ4n) is 3.03. The van der Waals surface area contributed by atoms with Crippen molar-refractivity contribution in [1.82, 2.24) is 19.7 Å². The van der Waals surface area contributed by atoms with E-state index in [9.17, 15) is 14.4 Å². The monoisotopic (exact) mass is 451 g/mol. The van der Waals surface area contributed by atoms with Crippen LogP contribution in [0.4, 0.5) is 5.69 Å². The van der Waals surface area contributed by atoms with Crippen molar-refractivity contribution in [2.75, 3.05) is 11.9 Å². The molecule has 1 aromatic carbocycles. The summed E-state index contributed by atoms with van der Waals surface area (Å²) in [4.78, 5) is 37.3. The second kappa shape index (κ2) is 10.3. The third kappa shape index (κ3) is 6.06. The lowest BCUT2D eigenvalue weighted by molar-refractivity contribution is 0.0464. The number of rotatable bonds is 9. The highest BCUT2D eigenvalue weighted by atomic mass is 16.5. The number of ether oxygens (including phenoxy) is 1. The van der Waals surface area contributed by atoms with Crippen LogP contribution in [-0.4, -0.2) is 44.5 Å². The van der Waals surface area contributed by atoms with Gasteiger partial charge in [-0.2, -0.15) is 5.10 Å². The van der Waals surface area contributed by atoms with Gasteiger partial charge in [-0.05, 0) is 11.6 Å². The third-order valence-electron chi connectivity index (χ3n) is 4.71. The van der Waals surface area contributed by atoms with E-state index in [4.69, 9.17) is 15.9 Å². The van der Waals surface area contributed by atoms with E-state index in [1.807, 2.05) is 30.3 Å². The van der Waals surface area contributed by atoms with Crippen molar-refractivity contribution in [1.29, 1.82) is 5.41 Å². The van der Waals surface area contributed by atoms with Gasteiger partial charge in [0.2, 0.25) is 0 Å². The van der Waals surface area contributed by atoms with E-state index in [-0.39, 0.29) is 42.7 Å². The van der Waals surface area contributed by atoms with Gasteiger partial charge in [0, 0.05) is 39.3 Å². The van der Waals surface area contributed by atoms with E-state index < -0.39 is 11.9 Å². The molecule has 0 fully saturated rings. The quantitative estimate of drug-likeness (QED) is 0.219. The summed E-state index contributed by atoms with van der Waals surface area (Å²) in [6.07, 6.45) is 1.83. The molecule has 2 heterocycles. The van der Waals surface area contributed by atoms with Gasteiger partial charge in [-0.1, -0.05) is 30.3 Å². The molecule has 3 aromatic rings. The summed E-state index contributed by atoms with van der Waals surface area (Å²) in [6.45, 7) is 0.332. The number of carbonyl (C=O) groups excluding carboxylic acids is 3. The predicted molar refractivity (Wildman–Crippen MR) is 121 cm³/mol. The molecule has 0 bridgehead atoms. The van der Waals surface area contributed by atoms with Crippen LogP contribution in [0, 0.1) is 5.41 Å². The molecule has 0 unspecified atom stereocenters. The summed E-state index contributed by atoms with van der Waals surface area (Å²) in [5.41, 5.74) is 7.00. The Balaban J connectivity index is 1.62. The molecular formula is C22H25N7O4. The van der Waals surface area contributed by atoms with E-state index in [0.29, 0.717) is 11.4 Å². The first-order chi connectivity index (χ1) is 15.7. The van der Waals surface area contributed by atoms with Crippen molar-refractivity contribution in [3.05, 3.63) is 71.3 Å². The highest BCUT2D eigenvalue weighted by Gasteiger charge is 2.20. The second-order valence-electron chi connectivity index (χ2n) is 7.31. The van der Waals surface area contributed by atoms with Gasteiger partial charge in [0.05, 0.1) is 11.5 Å². The number of nitrogens with zero attached hydrogens (tertiary/aromatic N) is 3. The highest BCUT2D eigenvalue weighted by molar-refractivity contribution is 6.05. The summed E-state index contributed by atoms with van der Waals surface area (Å²) in [5.74, 6) is -1.52. The summed E-state index contributed by atoms with van der Waals surface area (Å²) in [7, 11) is 3.21. The Labute approximate surface area is 190 Å². The maximum atomic E-state index is 12.7. The Morgan fingerprint density at radius 3 is 2.52 bits per heavy atom. The molecular weight excluding hydrogens is 426 g/mol. The lowest BCUT2D eigenvalue weighted by Crippen LogP contribution is -2.28. The largest absolute Gasteiger partial charge is 0.456 e. The average molecular weight is 451 g/mol. The number of amidine groups is 1. The predicted octanol–water partition coefficient (Wildman–Crippen LogP) is 1.42. The number of nitrogens with two attached hydrogens (primary N) is 1. The molecule has 2 aromatic heterocycles. The van der Waals surface area contributed by atoms with Crippen LogP contribution in [0.5, 0.6) is 0 Å². The molecule has 5 N–H and O–H groups in total. The van der Waals surface area contributed by atoms with Crippen molar-refractivity contribution < 1.29 is 19.1 Å². The zero-order chi connectivity index (χ0) is 24.0. The van der Waals surface area contributed by atoms with Crippen molar-refractivity contribution >= 4 is 29.3 Å². The van der Waals surface area contributed by atoms with Crippen molar-refractivity contribution in [3.63, 3.8) is 0 Å². The maximum absolute atomic E-state index is 12.7. The van der Waals surface area contributed by atoms with Gasteiger partial charge < -0.3 is 25.7 Å². The number of aryl methyl sites for hydroxylation is 2. The Kier molecular flexibility index (Phi) is 7.24. The lowest BCUT2D eigenvalue weighted by Gasteiger charge is -2.04. The van der Waals surface area contributed by atoms with Crippen LogP contribution in [0.3, 0.4) is 0 Å². The molecule has 0 aliphatic heterocycles. The van der Waals surface area contributed by atoms with Crippen LogP contribution >= 0.6 is 0 Å². The van der Waals surface area contributed by atoms with Gasteiger partial charge in [0.25, 0.3) is 11.8 Å². The molecule has 172 valence electrons. The Bertz CT molecular complexity index is 1180. The standard InChI is InChI=1S/C22H25N7O4/c1-28-12-15(10-17(28)20(30)25-9-8-19(23)24)26-21(31)18-11-16(27-29(18)2)22(32)33-13-14-6-4-3-5-7-14/h3-7,10-12H,8-9,13H2,1-2H3,(H3,23,24)(H,25,30)(H,26,31). The molecule has 33 heavy (non-hydrogen) atoms. The SMILES string of the molecule is Cn1cc(NC(=O)c2cc(C(=O)OCc3ccccc3)nn2C)cc1C(=O)NCCC(=N)N. The third-order valence-corrected chi connectivity index (χ3v) is 4.71. The molecule has 11 nitrogen and oxygen atoms in total. The van der Waals surface area contributed by atoms with Crippen molar-refractivity contribution in [2.45, 2.75) is 13.0 Å². The first kappa shape index (κ1) is 23.3. The van der Waals surface area contributed by atoms with Crippen LogP contribution in [0.2, 0.25) is 0 Å². The molecule has 0 saturated carbocycles. The van der Waals surface area contributed by atoms with Gasteiger partial charge in [-0.3, -0.25) is 19.7 Å². The normalized spacial score (nSPS) is 10.5. The molecule has 0 atom stereocenters. The molecule has 0 radical (unpaired) electrons. The van der Waals surface area contributed by atoms with E-state index in [0.717, 1.165) is 5.56 Å². The van der Waals surface area contributed by atoms with Gasteiger partial charge in [0.1, 0.15) is 18.0 Å². The van der Waals surface area contributed by atoms with E-state index >= 15 is 0 Å². The average Bonchev–Trinajstić information content (AvgIpc) is 3.34. The minimum Gasteiger partial charge on any atom is -0.456 e. The van der Waals surface area contributed by atoms with Crippen molar-refractivity contribution in [2.24, 2.45) is 19.8 Å². The molecule has 0 saturated heterocycles. The molecule has 2 amide bonds.